The number of allylic oxidation sites excluding steroid dienone is 1. The van der Waals surface area contributed by atoms with E-state index in [0.717, 1.165) is 25.7 Å². The lowest BCUT2D eigenvalue weighted by atomic mass is 9.96. The number of nitrogens with two attached hydrogens (primary N) is 1. The second-order valence-electron chi connectivity index (χ2n) is 7.56. The van der Waals surface area contributed by atoms with E-state index in [1.165, 1.54) is 0 Å². The van der Waals surface area contributed by atoms with Crippen molar-refractivity contribution in [3.05, 3.63) is 24.4 Å². The number of hydrogen-bond donors (Lipinski definition) is 2. The Bertz CT molecular complexity index is 551. The van der Waals surface area contributed by atoms with Gasteiger partial charge in [-0.2, -0.15) is 4.98 Å². The molecular formula is C19H34N4O3. The summed E-state index contributed by atoms with van der Waals surface area (Å²) in [6.45, 7) is 11.9. The van der Waals surface area contributed by atoms with Gasteiger partial charge in [0, 0.05) is 13.0 Å². The van der Waals surface area contributed by atoms with Gasteiger partial charge in [0.1, 0.15) is 5.60 Å². The van der Waals surface area contributed by atoms with Crippen LogP contribution >= 0.6 is 0 Å². The summed E-state index contributed by atoms with van der Waals surface area (Å²) in [7, 11) is 0. The lowest BCUT2D eigenvalue weighted by Gasteiger charge is -2.19. The fraction of sp³-hybridized carbons (Fsp3) is 0.737. The summed E-state index contributed by atoms with van der Waals surface area (Å²) < 4.78 is 10.5. The molecule has 2 atom stereocenters. The minimum atomic E-state index is -0.497. The monoisotopic (exact) mass is 366 g/mol. The second kappa shape index (κ2) is 11.0. The van der Waals surface area contributed by atoms with Crippen LogP contribution in [0.5, 0.6) is 0 Å². The third kappa shape index (κ3) is 8.99. The van der Waals surface area contributed by atoms with E-state index in [1.54, 1.807) is 0 Å². The van der Waals surface area contributed by atoms with E-state index < -0.39 is 11.7 Å². The summed E-state index contributed by atoms with van der Waals surface area (Å²) in [5.74, 6) is 1.75. The van der Waals surface area contributed by atoms with Crippen molar-refractivity contribution in [2.45, 2.75) is 77.9 Å². The summed E-state index contributed by atoms with van der Waals surface area (Å²) in [6, 6.07) is -0.327. The Morgan fingerprint density at radius 3 is 2.77 bits per heavy atom. The van der Waals surface area contributed by atoms with Gasteiger partial charge in [-0.15, -0.1) is 6.58 Å². The van der Waals surface area contributed by atoms with Gasteiger partial charge in [-0.3, -0.25) is 0 Å². The van der Waals surface area contributed by atoms with Crippen LogP contribution in [0.4, 0.5) is 4.79 Å². The van der Waals surface area contributed by atoms with Gasteiger partial charge < -0.3 is 20.3 Å². The van der Waals surface area contributed by atoms with E-state index in [0.29, 0.717) is 37.0 Å². The molecule has 26 heavy (non-hydrogen) atoms. The van der Waals surface area contributed by atoms with Crippen LogP contribution in [-0.2, 0) is 11.2 Å². The van der Waals surface area contributed by atoms with Crippen LogP contribution in [0.2, 0.25) is 0 Å². The third-order valence-corrected chi connectivity index (χ3v) is 4.01. The van der Waals surface area contributed by atoms with Crippen LogP contribution in [0.3, 0.4) is 0 Å². The molecule has 0 aliphatic heterocycles. The lowest BCUT2D eigenvalue weighted by Crippen LogP contribution is -2.33. The number of rotatable bonds is 11. The van der Waals surface area contributed by atoms with Gasteiger partial charge in [-0.1, -0.05) is 24.6 Å². The minimum Gasteiger partial charge on any atom is -0.444 e. The minimum absolute atomic E-state index is 0.327. The van der Waals surface area contributed by atoms with Crippen LogP contribution in [0.25, 0.3) is 0 Å². The highest BCUT2D eigenvalue weighted by Gasteiger charge is 2.17. The highest BCUT2D eigenvalue weighted by atomic mass is 16.6. The fourth-order valence-electron chi connectivity index (χ4n) is 2.53. The summed E-state index contributed by atoms with van der Waals surface area (Å²) in [4.78, 5) is 16.0. The molecule has 7 heteroatoms. The van der Waals surface area contributed by atoms with Crippen LogP contribution in [0.1, 0.15) is 77.6 Å². The predicted molar refractivity (Wildman–Crippen MR) is 102 cm³/mol. The Morgan fingerprint density at radius 2 is 2.15 bits per heavy atom. The summed E-state index contributed by atoms with van der Waals surface area (Å²) in [5, 5.41) is 6.73. The summed E-state index contributed by atoms with van der Waals surface area (Å²) >= 11 is 0. The molecular weight excluding hydrogens is 332 g/mol. The molecule has 0 saturated heterocycles. The molecule has 0 fully saturated rings. The second-order valence-corrected chi connectivity index (χ2v) is 7.56. The number of aromatic nitrogens is 2. The van der Waals surface area contributed by atoms with Crippen LogP contribution in [-0.4, -0.2) is 28.4 Å². The molecule has 1 heterocycles. The molecule has 0 spiro atoms. The number of carbonyl (C=O) groups is 1. The number of amides is 1. The zero-order valence-corrected chi connectivity index (χ0v) is 16.6. The molecule has 0 bridgehead atoms. The van der Waals surface area contributed by atoms with E-state index >= 15 is 0 Å². The quantitative estimate of drug-likeness (QED) is 0.454. The topological polar surface area (TPSA) is 103 Å². The van der Waals surface area contributed by atoms with Crippen LogP contribution < -0.4 is 11.1 Å². The van der Waals surface area contributed by atoms with Crippen molar-refractivity contribution in [3.63, 3.8) is 0 Å². The number of hydrogen-bond acceptors (Lipinski definition) is 6. The molecule has 7 nitrogen and oxygen atoms in total. The smallest absolute Gasteiger partial charge is 0.407 e. The maximum Gasteiger partial charge on any atom is 0.407 e. The van der Waals surface area contributed by atoms with Gasteiger partial charge in [-0.25, -0.2) is 4.79 Å². The predicted octanol–water partition coefficient (Wildman–Crippen LogP) is 3.91. The molecule has 1 rings (SSSR count). The van der Waals surface area contributed by atoms with E-state index in [1.807, 2.05) is 26.8 Å². The van der Waals surface area contributed by atoms with Crippen molar-refractivity contribution in [1.82, 2.24) is 15.5 Å². The average molecular weight is 367 g/mol. The van der Waals surface area contributed by atoms with Gasteiger partial charge in [0.15, 0.2) is 5.82 Å². The van der Waals surface area contributed by atoms with Crippen molar-refractivity contribution >= 4 is 6.09 Å². The number of alkyl carbamates (subject to hydrolysis) is 1. The first kappa shape index (κ1) is 22.2. The van der Waals surface area contributed by atoms with Gasteiger partial charge in [-0.05, 0) is 52.4 Å². The highest BCUT2D eigenvalue weighted by molar-refractivity contribution is 5.67. The third-order valence-electron chi connectivity index (χ3n) is 4.01. The molecule has 0 aliphatic carbocycles. The number of carbonyl (C=O) groups excluding carboxylic acids is 1. The Morgan fingerprint density at radius 1 is 1.42 bits per heavy atom. The van der Waals surface area contributed by atoms with Crippen LogP contribution in [0, 0.1) is 5.92 Å². The molecule has 0 saturated carbocycles. The molecule has 1 aromatic rings. The Kier molecular flexibility index (Phi) is 9.34. The normalized spacial score (nSPS) is 13.9. The van der Waals surface area contributed by atoms with E-state index in [9.17, 15) is 4.79 Å². The molecule has 0 radical (unpaired) electrons. The first-order valence-corrected chi connectivity index (χ1v) is 9.41. The molecule has 1 unspecified atom stereocenters. The van der Waals surface area contributed by atoms with Crippen molar-refractivity contribution in [3.8, 4) is 0 Å². The van der Waals surface area contributed by atoms with E-state index in [4.69, 9.17) is 15.0 Å². The standard InChI is InChI=1S/C19H34N4O3/c1-6-9-14(7-2)11-12-16-22-17(26-23-16)15(20)10-8-13-21-18(24)25-19(3,4)5/h6,14-15H,1,7-13,20H2,2-5H3,(H,21,24)/t14?,15-/m0/s1. The maximum absolute atomic E-state index is 11.6. The van der Waals surface area contributed by atoms with Crippen molar-refractivity contribution < 1.29 is 14.1 Å². The molecule has 1 amide bonds. The number of nitrogens with zero attached hydrogens (tertiary/aromatic N) is 2. The summed E-state index contributed by atoms with van der Waals surface area (Å²) in [6.07, 6.45) is 6.79. The number of nitrogens with one attached hydrogen (secondary N) is 1. The van der Waals surface area contributed by atoms with Crippen molar-refractivity contribution in [2.75, 3.05) is 6.54 Å². The average Bonchev–Trinajstić information content (AvgIpc) is 3.02. The van der Waals surface area contributed by atoms with Gasteiger partial charge in [0.2, 0.25) is 5.89 Å². The molecule has 1 aromatic heterocycles. The summed E-state index contributed by atoms with van der Waals surface area (Å²) in [5.41, 5.74) is 5.61. The Balaban J connectivity index is 2.31. The SMILES string of the molecule is C=CCC(CC)CCc1noc([C@@H](N)CCCNC(=O)OC(C)(C)C)n1. The zero-order valence-electron chi connectivity index (χ0n) is 16.6. The first-order chi connectivity index (χ1) is 12.2. The molecule has 3 N–H and O–H groups in total. The van der Waals surface area contributed by atoms with Gasteiger partial charge in [0.25, 0.3) is 0 Å². The van der Waals surface area contributed by atoms with Crippen molar-refractivity contribution in [1.29, 1.82) is 0 Å². The first-order valence-electron chi connectivity index (χ1n) is 9.41. The number of aryl methyl sites for hydroxylation is 1. The molecule has 0 aromatic carbocycles. The molecule has 0 aliphatic rings. The van der Waals surface area contributed by atoms with Crippen molar-refractivity contribution in [2.24, 2.45) is 11.7 Å². The van der Waals surface area contributed by atoms with E-state index in [2.05, 4.69) is 29.0 Å². The Labute approximate surface area is 156 Å². The van der Waals surface area contributed by atoms with Gasteiger partial charge in [0.05, 0.1) is 6.04 Å². The largest absolute Gasteiger partial charge is 0.444 e. The maximum atomic E-state index is 11.6. The number of ether oxygens (including phenoxy) is 1. The fourth-order valence-corrected chi connectivity index (χ4v) is 2.53. The molecule has 148 valence electrons. The van der Waals surface area contributed by atoms with Gasteiger partial charge >= 0.3 is 6.09 Å². The zero-order chi connectivity index (χ0) is 19.6. The van der Waals surface area contributed by atoms with E-state index in [-0.39, 0.29) is 6.04 Å². The Hall–Kier alpha value is -1.89. The lowest BCUT2D eigenvalue weighted by molar-refractivity contribution is 0.0526. The highest BCUT2D eigenvalue weighted by Crippen LogP contribution is 2.18. The van der Waals surface area contributed by atoms with Crippen LogP contribution in [0.15, 0.2) is 17.2 Å².